The molecule has 0 spiro atoms. The maximum Gasteiger partial charge on any atom is 0.122 e. The van der Waals surface area contributed by atoms with Crippen molar-refractivity contribution in [3.8, 4) is 5.75 Å². The Balaban J connectivity index is 2.06. The van der Waals surface area contributed by atoms with Crippen LogP contribution < -0.4 is 15.8 Å². The minimum absolute atomic E-state index is 0.392. The van der Waals surface area contributed by atoms with Gasteiger partial charge in [-0.05, 0) is 73.9 Å². The van der Waals surface area contributed by atoms with Crippen LogP contribution in [0.1, 0.15) is 35.1 Å². The second kappa shape index (κ2) is 5.51. The number of ether oxygens (including phenoxy) is 1. The van der Waals surface area contributed by atoms with Gasteiger partial charge in [0.2, 0.25) is 0 Å². The molecule has 0 radical (unpaired) electrons. The molecule has 3 nitrogen and oxygen atoms in total. The van der Waals surface area contributed by atoms with Crippen molar-refractivity contribution in [2.24, 2.45) is 11.1 Å². The molecule has 1 aromatic carbocycles. The van der Waals surface area contributed by atoms with Crippen LogP contribution in [0.15, 0.2) is 6.07 Å². The van der Waals surface area contributed by atoms with Crippen LogP contribution in [0.4, 0.5) is 0 Å². The second-order valence-corrected chi connectivity index (χ2v) is 5.93. The molecule has 0 aromatic heterocycles. The largest absolute Gasteiger partial charge is 0.496 e. The van der Waals surface area contributed by atoms with Crippen LogP contribution >= 0.6 is 0 Å². The van der Waals surface area contributed by atoms with E-state index in [1.807, 2.05) is 0 Å². The Kier molecular flexibility index (Phi) is 4.16. The Morgan fingerprint density at radius 1 is 1.26 bits per heavy atom. The van der Waals surface area contributed by atoms with Crippen LogP contribution in [-0.4, -0.2) is 20.2 Å². The van der Waals surface area contributed by atoms with Crippen molar-refractivity contribution in [2.45, 2.75) is 40.2 Å². The summed E-state index contributed by atoms with van der Waals surface area (Å²) in [5.41, 5.74) is 11.5. The van der Waals surface area contributed by atoms with E-state index in [0.717, 1.165) is 25.4 Å². The Bertz CT molecular complexity index is 464. The zero-order chi connectivity index (χ0) is 14.0. The minimum Gasteiger partial charge on any atom is -0.496 e. The molecule has 106 valence electrons. The molecule has 0 atom stereocenters. The molecule has 1 aliphatic carbocycles. The molecule has 1 aromatic rings. The lowest BCUT2D eigenvalue weighted by Gasteiger charge is -2.18. The highest BCUT2D eigenvalue weighted by molar-refractivity contribution is 5.48. The fourth-order valence-corrected chi connectivity index (χ4v) is 2.67. The average molecular weight is 262 g/mol. The first-order valence-corrected chi connectivity index (χ1v) is 7.07. The van der Waals surface area contributed by atoms with Crippen molar-refractivity contribution in [2.75, 3.05) is 20.2 Å². The number of hydrogen-bond acceptors (Lipinski definition) is 3. The summed E-state index contributed by atoms with van der Waals surface area (Å²) < 4.78 is 5.41. The molecular weight excluding hydrogens is 236 g/mol. The zero-order valence-corrected chi connectivity index (χ0v) is 12.6. The van der Waals surface area contributed by atoms with Crippen molar-refractivity contribution in [3.05, 3.63) is 28.3 Å². The first-order chi connectivity index (χ1) is 9.03. The molecule has 2 rings (SSSR count). The summed E-state index contributed by atoms with van der Waals surface area (Å²) in [5.74, 6) is 0.986. The topological polar surface area (TPSA) is 47.3 Å². The third-order valence-electron chi connectivity index (χ3n) is 4.62. The molecule has 0 aliphatic heterocycles. The van der Waals surface area contributed by atoms with E-state index >= 15 is 0 Å². The van der Waals surface area contributed by atoms with E-state index in [9.17, 15) is 0 Å². The van der Waals surface area contributed by atoms with Crippen molar-refractivity contribution in [1.82, 2.24) is 5.32 Å². The van der Waals surface area contributed by atoms with Gasteiger partial charge in [-0.3, -0.25) is 0 Å². The number of methoxy groups -OCH3 is 1. The summed E-state index contributed by atoms with van der Waals surface area (Å²) in [6.07, 6.45) is 2.55. The number of aryl methyl sites for hydroxylation is 1. The van der Waals surface area contributed by atoms with Crippen molar-refractivity contribution in [1.29, 1.82) is 0 Å². The molecule has 0 heterocycles. The number of rotatable bonds is 6. The first kappa shape index (κ1) is 14.4. The number of benzene rings is 1. The summed E-state index contributed by atoms with van der Waals surface area (Å²) in [7, 11) is 1.73. The van der Waals surface area contributed by atoms with Crippen molar-refractivity contribution in [3.63, 3.8) is 0 Å². The van der Waals surface area contributed by atoms with Gasteiger partial charge in [-0.2, -0.15) is 0 Å². The van der Waals surface area contributed by atoms with Crippen molar-refractivity contribution >= 4 is 0 Å². The molecule has 0 amide bonds. The third-order valence-corrected chi connectivity index (χ3v) is 4.62. The standard InChI is InChI=1S/C16H26N2O/c1-11-7-15(19-4)13(3)12(2)14(11)8-18-10-16(9-17)5-6-16/h7,18H,5-6,8-10,17H2,1-4H3. The van der Waals surface area contributed by atoms with E-state index in [1.54, 1.807) is 7.11 Å². The molecule has 1 fully saturated rings. The van der Waals surface area contributed by atoms with Crippen LogP contribution in [0.3, 0.4) is 0 Å². The van der Waals surface area contributed by atoms with Gasteiger partial charge in [-0.15, -0.1) is 0 Å². The average Bonchev–Trinajstić information content (AvgIpc) is 3.18. The van der Waals surface area contributed by atoms with Gasteiger partial charge in [-0.1, -0.05) is 0 Å². The van der Waals surface area contributed by atoms with Gasteiger partial charge in [-0.25, -0.2) is 0 Å². The van der Waals surface area contributed by atoms with Crippen LogP contribution in [-0.2, 0) is 6.54 Å². The molecule has 3 heteroatoms. The van der Waals surface area contributed by atoms with E-state index in [1.165, 1.54) is 35.1 Å². The smallest absolute Gasteiger partial charge is 0.122 e. The molecule has 1 aliphatic rings. The van der Waals surface area contributed by atoms with Gasteiger partial charge in [0.05, 0.1) is 7.11 Å². The Hall–Kier alpha value is -1.06. The minimum atomic E-state index is 0.392. The van der Waals surface area contributed by atoms with E-state index in [0.29, 0.717) is 5.41 Å². The van der Waals surface area contributed by atoms with Gasteiger partial charge in [0.15, 0.2) is 0 Å². The lowest BCUT2D eigenvalue weighted by Crippen LogP contribution is -2.29. The van der Waals surface area contributed by atoms with Gasteiger partial charge in [0.1, 0.15) is 5.75 Å². The third kappa shape index (κ3) is 2.93. The van der Waals surface area contributed by atoms with E-state index in [4.69, 9.17) is 10.5 Å². The monoisotopic (exact) mass is 262 g/mol. The first-order valence-electron chi connectivity index (χ1n) is 7.07. The van der Waals surface area contributed by atoms with Gasteiger partial charge >= 0.3 is 0 Å². The lowest BCUT2D eigenvalue weighted by atomic mass is 9.97. The van der Waals surface area contributed by atoms with Crippen LogP contribution in [0, 0.1) is 26.2 Å². The van der Waals surface area contributed by atoms with E-state index in [-0.39, 0.29) is 0 Å². The summed E-state index contributed by atoms with van der Waals surface area (Å²) in [6.45, 7) is 9.22. The summed E-state index contributed by atoms with van der Waals surface area (Å²) in [6, 6.07) is 2.13. The molecule has 0 unspecified atom stereocenters. The highest BCUT2D eigenvalue weighted by Crippen LogP contribution is 2.43. The maximum absolute atomic E-state index is 5.81. The predicted molar refractivity (Wildman–Crippen MR) is 79.6 cm³/mol. The van der Waals surface area contributed by atoms with Crippen molar-refractivity contribution < 1.29 is 4.74 Å². The number of nitrogens with two attached hydrogens (primary N) is 1. The summed E-state index contributed by atoms with van der Waals surface area (Å²) >= 11 is 0. The number of nitrogens with one attached hydrogen (secondary N) is 1. The van der Waals surface area contributed by atoms with Crippen LogP contribution in [0.2, 0.25) is 0 Å². The highest BCUT2D eigenvalue weighted by atomic mass is 16.5. The van der Waals surface area contributed by atoms with Crippen LogP contribution in [0.25, 0.3) is 0 Å². The summed E-state index contributed by atoms with van der Waals surface area (Å²) in [4.78, 5) is 0. The van der Waals surface area contributed by atoms with Gasteiger partial charge in [0.25, 0.3) is 0 Å². The molecular formula is C16H26N2O. The summed E-state index contributed by atoms with van der Waals surface area (Å²) in [5, 5.41) is 3.58. The van der Waals surface area contributed by atoms with Gasteiger partial charge in [0, 0.05) is 13.1 Å². The molecule has 3 N–H and O–H groups in total. The molecule has 19 heavy (non-hydrogen) atoms. The quantitative estimate of drug-likeness (QED) is 0.828. The molecule has 1 saturated carbocycles. The normalized spacial score (nSPS) is 16.5. The molecule has 0 bridgehead atoms. The fraction of sp³-hybridized carbons (Fsp3) is 0.625. The highest BCUT2D eigenvalue weighted by Gasteiger charge is 2.40. The van der Waals surface area contributed by atoms with E-state index < -0.39 is 0 Å². The lowest BCUT2D eigenvalue weighted by molar-refractivity contribution is 0.410. The molecule has 0 saturated heterocycles. The predicted octanol–water partition coefficient (Wildman–Crippen LogP) is 2.45. The Morgan fingerprint density at radius 3 is 2.47 bits per heavy atom. The van der Waals surface area contributed by atoms with Crippen LogP contribution in [0.5, 0.6) is 5.75 Å². The maximum atomic E-state index is 5.81. The van der Waals surface area contributed by atoms with E-state index in [2.05, 4.69) is 32.2 Å². The number of hydrogen-bond donors (Lipinski definition) is 2. The fourth-order valence-electron chi connectivity index (χ4n) is 2.67. The van der Waals surface area contributed by atoms with Gasteiger partial charge < -0.3 is 15.8 Å². The Labute approximate surface area is 116 Å². The zero-order valence-electron chi connectivity index (χ0n) is 12.6. The SMILES string of the molecule is COc1cc(C)c(CNCC2(CN)CC2)c(C)c1C. The Morgan fingerprint density at radius 2 is 1.95 bits per heavy atom. The second-order valence-electron chi connectivity index (χ2n) is 5.93.